The average Bonchev–Trinajstić information content (AvgIpc) is 3.04. The van der Waals surface area contributed by atoms with Crippen molar-refractivity contribution in [3.8, 4) is 0 Å². The highest BCUT2D eigenvalue weighted by Gasteiger charge is 2.57. The lowest BCUT2D eigenvalue weighted by molar-refractivity contribution is 0.279. The van der Waals surface area contributed by atoms with Crippen LogP contribution >= 0.6 is 0 Å². The average molecular weight is 228 g/mol. The van der Waals surface area contributed by atoms with Gasteiger partial charge < -0.3 is 4.74 Å². The van der Waals surface area contributed by atoms with Gasteiger partial charge in [-0.15, -0.1) is 6.58 Å². The molecule has 1 heteroatoms. The van der Waals surface area contributed by atoms with E-state index in [1.165, 1.54) is 31.2 Å². The van der Waals surface area contributed by atoms with E-state index in [0.29, 0.717) is 12.0 Å². The standard InChI is InChI=1S/C16H20O/c1-2-13-8-6-7-11-16(15(12-13)17-16)14-9-4-3-5-10-14/h2-5,9-10,13,15H,1,6-8,11-12H2. The molecule has 90 valence electrons. The largest absolute Gasteiger partial charge is 0.361 e. The van der Waals surface area contributed by atoms with Crippen molar-refractivity contribution >= 4 is 0 Å². The summed E-state index contributed by atoms with van der Waals surface area (Å²) < 4.78 is 6.10. The van der Waals surface area contributed by atoms with Crippen LogP contribution < -0.4 is 0 Å². The lowest BCUT2D eigenvalue weighted by Gasteiger charge is -2.19. The molecular formula is C16H20O. The van der Waals surface area contributed by atoms with Crippen LogP contribution in [0.2, 0.25) is 0 Å². The van der Waals surface area contributed by atoms with Crippen molar-refractivity contribution in [2.24, 2.45) is 5.92 Å². The molecule has 3 atom stereocenters. The van der Waals surface area contributed by atoms with Crippen LogP contribution in [0.25, 0.3) is 0 Å². The minimum Gasteiger partial charge on any atom is -0.361 e. The van der Waals surface area contributed by atoms with Crippen LogP contribution in [0, 0.1) is 5.92 Å². The molecule has 0 amide bonds. The van der Waals surface area contributed by atoms with Gasteiger partial charge in [0.05, 0.1) is 6.10 Å². The highest BCUT2D eigenvalue weighted by atomic mass is 16.6. The van der Waals surface area contributed by atoms with Gasteiger partial charge in [-0.3, -0.25) is 0 Å². The molecule has 1 aromatic carbocycles. The van der Waals surface area contributed by atoms with Gasteiger partial charge in [0.25, 0.3) is 0 Å². The molecule has 3 unspecified atom stereocenters. The summed E-state index contributed by atoms with van der Waals surface area (Å²) in [5.74, 6) is 0.644. The molecule has 1 aromatic rings. The van der Waals surface area contributed by atoms with E-state index in [4.69, 9.17) is 4.74 Å². The van der Waals surface area contributed by atoms with Crippen LogP contribution in [0.15, 0.2) is 43.0 Å². The topological polar surface area (TPSA) is 12.5 Å². The van der Waals surface area contributed by atoms with E-state index in [2.05, 4.69) is 43.0 Å². The van der Waals surface area contributed by atoms with E-state index in [1.54, 1.807) is 0 Å². The van der Waals surface area contributed by atoms with Gasteiger partial charge in [-0.2, -0.15) is 0 Å². The van der Waals surface area contributed by atoms with Gasteiger partial charge in [-0.05, 0) is 30.7 Å². The molecule has 1 saturated carbocycles. The third kappa shape index (κ3) is 1.93. The van der Waals surface area contributed by atoms with Crippen molar-refractivity contribution < 1.29 is 4.74 Å². The molecule has 0 radical (unpaired) electrons. The number of rotatable bonds is 2. The van der Waals surface area contributed by atoms with Crippen molar-refractivity contribution in [1.82, 2.24) is 0 Å². The molecule has 0 bridgehead atoms. The van der Waals surface area contributed by atoms with Crippen LogP contribution in [0.4, 0.5) is 0 Å². The minimum atomic E-state index is 0.0446. The molecule has 0 N–H and O–H groups in total. The Morgan fingerprint density at radius 2 is 2.06 bits per heavy atom. The van der Waals surface area contributed by atoms with E-state index in [9.17, 15) is 0 Å². The summed E-state index contributed by atoms with van der Waals surface area (Å²) >= 11 is 0. The summed E-state index contributed by atoms with van der Waals surface area (Å²) in [5.41, 5.74) is 1.41. The van der Waals surface area contributed by atoms with Crippen molar-refractivity contribution in [3.05, 3.63) is 48.6 Å². The highest BCUT2D eigenvalue weighted by Crippen LogP contribution is 2.54. The van der Waals surface area contributed by atoms with Gasteiger partial charge in [0.2, 0.25) is 0 Å². The Bertz CT molecular complexity index is 397. The number of hydrogen-bond acceptors (Lipinski definition) is 1. The predicted molar refractivity (Wildman–Crippen MR) is 69.8 cm³/mol. The number of epoxide rings is 1. The first-order chi connectivity index (χ1) is 8.35. The molecule has 2 aliphatic rings. The third-order valence-corrected chi connectivity index (χ3v) is 4.30. The summed E-state index contributed by atoms with van der Waals surface area (Å²) in [6.45, 7) is 3.95. The molecule has 0 aromatic heterocycles. The van der Waals surface area contributed by atoms with Gasteiger partial charge >= 0.3 is 0 Å². The Kier molecular flexibility index (Phi) is 2.79. The molecule has 1 heterocycles. The van der Waals surface area contributed by atoms with E-state index >= 15 is 0 Å². The molecule has 17 heavy (non-hydrogen) atoms. The Morgan fingerprint density at radius 3 is 2.82 bits per heavy atom. The van der Waals surface area contributed by atoms with Crippen LogP contribution in [-0.2, 0) is 10.3 Å². The summed E-state index contributed by atoms with van der Waals surface area (Å²) in [6, 6.07) is 10.7. The van der Waals surface area contributed by atoms with E-state index < -0.39 is 0 Å². The number of ether oxygens (including phenoxy) is 1. The van der Waals surface area contributed by atoms with Crippen LogP contribution in [-0.4, -0.2) is 6.10 Å². The molecule has 0 spiro atoms. The first-order valence-electron chi connectivity index (χ1n) is 6.71. The lowest BCUT2D eigenvalue weighted by Crippen LogP contribution is -2.17. The molecular weight excluding hydrogens is 208 g/mol. The summed E-state index contributed by atoms with van der Waals surface area (Å²) in [4.78, 5) is 0. The van der Waals surface area contributed by atoms with Gasteiger partial charge in [-0.1, -0.05) is 49.2 Å². The summed E-state index contributed by atoms with van der Waals surface area (Å²) in [7, 11) is 0. The van der Waals surface area contributed by atoms with Crippen molar-refractivity contribution in [1.29, 1.82) is 0 Å². The maximum absolute atomic E-state index is 6.10. The Balaban J connectivity index is 1.82. The SMILES string of the molecule is C=CC1CCCCC2(c3ccccc3)OC2C1. The van der Waals surface area contributed by atoms with Gasteiger partial charge in [0.15, 0.2) is 0 Å². The Hall–Kier alpha value is -1.08. The molecule has 1 aliphatic carbocycles. The quantitative estimate of drug-likeness (QED) is 0.549. The summed E-state index contributed by atoms with van der Waals surface area (Å²) in [5, 5.41) is 0. The van der Waals surface area contributed by atoms with Crippen LogP contribution in [0.1, 0.15) is 37.7 Å². The van der Waals surface area contributed by atoms with E-state index in [1.807, 2.05) is 0 Å². The number of fused-ring (bicyclic) bond motifs is 1. The van der Waals surface area contributed by atoms with Crippen molar-refractivity contribution in [3.63, 3.8) is 0 Å². The predicted octanol–water partition coefficient (Wildman–Crippen LogP) is 4.05. The third-order valence-electron chi connectivity index (χ3n) is 4.30. The minimum absolute atomic E-state index is 0.0446. The fraction of sp³-hybridized carbons (Fsp3) is 0.500. The zero-order valence-electron chi connectivity index (χ0n) is 10.3. The summed E-state index contributed by atoms with van der Waals surface area (Å²) in [6.07, 6.45) is 8.74. The zero-order valence-corrected chi connectivity index (χ0v) is 10.3. The van der Waals surface area contributed by atoms with Crippen LogP contribution in [0.5, 0.6) is 0 Å². The second kappa shape index (κ2) is 4.30. The first kappa shape index (κ1) is 11.0. The second-order valence-electron chi connectivity index (χ2n) is 5.34. The monoisotopic (exact) mass is 228 g/mol. The number of allylic oxidation sites excluding steroid dienone is 1. The molecule has 1 saturated heterocycles. The smallest absolute Gasteiger partial charge is 0.120 e. The van der Waals surface area contributed by atoms with Crippen molar-refractivity contribution in [2.75, 3.05) is 0 Å². The number of benzene rings is 1. The zero-order chi connectivity index (χ0) is 11.7. The normalized spacial score (nSPS) is 36.5. The van der Waals surface area contributed by atoms with E-state index in [0.717, 1.165) is 6.42 Å². The van der Waals surface area contributed by atoms with Crippen molar-refractivity contribution in [2.45, 2.75) is 43.8 Å². The second-order valence-corrected chi connectivity index (χ2v) is 5.34. The number of hydrogen-bond donors (Lipinski definition) is 0. The molecule has 2 fully saturated rings. The maximum Gasteiger partial charge on any atom is 0.120 e. The molecule has 1 nitrogen and oxygen atoms in total. The maximum atomic E-state index is 6.10. The molecule has 1 aliphatic heterocycles. The van der Waals surface area contributed by atoms with Crippen LogP contribution in [0.3, 0.4) is 0 Å². The Labute approximate surface area is 103 Å². The highest BCUT2D eigenvalue weighted by molar-refractivity contribution is 5.29. The lowest BCUT2D eigenvalue weighted by atomic mass is 9.82. The fourth-order valence-corrected chi connectivity index (χ4v) is 3.20. The fourth-order valence-electron chi connectivity index (χ4n) is 3.20. The Morgan fingerprint density at radius 1 is 1.24 bits per heavy atom. The first-order valence-corrected chi connectivity index (χ1v) is 6.71. The van der Waals surface area contributed by atoms with E-state index in [-0.39, 0.29) is 5.60 Å². The van der Waals surface area contributed by atoms with Gasteiger partial charge in [0.1, 0.15) is 5.60 Å². The van der Waals surface area contributed by atoms with Gasteiger partial charge in [-0.25, -0.2) is 0 Å². The molecule has 3 rings (SSSR count). The van der Waals surface area contributed by atoms with Gasteiger partial charge in [0, 0.05) is 0 Å².